The van der Waals surface area contributed by atoms with Gasteiger partial charge in [-0.3, -0.25) is 4.79 Å². The van der Waals surface area contributed by atoms with E-state index in [-0.39, 0.29) is 17.8 Å². The second kappa shape index (κ2) is 6.05. The Balaban J connectivity index is 1.95. The van der Waals surface area contributed by atoms with Crippen LogP contribution in [0.3, 0.4) is 0 Å². The number of nitrogens with two attached hydrogens (primary N) is 1. The fourth-order valence-corrected chi connectivity index (χ4v) is 4.14. The zero-order valence-corrected chi connectivity index (χ0v) is 13.5. The average Bonchev–Trinajstić information content (AvgIpc) is 2.45. The summed E-state index contributed by atoms with van der Waals surface area (Å²) in [6, 6.07) is 1.61. The van der Waals surface area contributed by atoms with Crippen LogP contribution >= 0.6 is 15.9 Å². The molecule has 0 aromatic heterocycles. The van der Waals surface area contributed by atoms with Crippen molar-refractivity contribution in [3.05, 3.63) is 33.0 Å². The first-order valence-corrected chi connectivity index (χ1v) is 8.39. The summed E-state index contributed by atoms with van der Waals surface area (Å²) in [4.78, 5) is 11.9. The van der Waals surface area contributed by atoms with Gasteiger partial charge in [-0.15, -0.1) is 0 Å². The van der Waals surface area contributed by atoms with E-state index < -0.39 is 0 Å². The first-order chi connectivity index (χ1) is 10.1. The highest BCUT2D eigenvalue weighted by Gasteiger charge is 2.27. The van der Waals surface area contributed by atoms with Gasteiger partial charge in [0, 0.05) is 18.2 Å². The van der Waals surface area contributed by atoms with Gasteiger partial charge in [0.1, 0.15) is 5.82 Å². The summed E-state index contributed by atoms with van der Waals surface area (Å²) in [5.74, 6) is -0.0221. The molecule has 1 aliphatic heterocycles. The molecule has 2 aliphatic rings. The second-order valence-corrected chi connectivity index (χ2v) is 6.97. The van der Waals surface area contributed by atoms with Gasteiger partial charge in [-0.25, -0.2) is 4.39 Å². The third-order valence-electron chi connectivity index (χ3n) is 4.66. The SMILES string of the molecule is N[C@H]1CCC[C@H](Cc2c(Br)c(F)cc3c2CCNC3=O)C1. The maximum absolute atomic E-state index is 14.1. The van der Waals surface area contributed by atoms with Crippen molar-refractivity contribution < 1.29 is 9.18 Å². The zero-order valence-electron chi connectivity index (χ0n) is 11.9. The summed E-state index contributed by atoms with van der Waals surface area (Å²) < 4.78 is 14.6. The quantitative estimate of drug-likeness (QED) is 0.857. The number of nitrogens with one attached hydrogen (secondary N) is 1. The molecule has 1 saturated carbocycles. The van der Waals surface area contributed by atoms with Crippen LogP contribution in [-0.2, 0) is 12.8 Å². The summed E-state index contributed by atoms with van der Waals surface area (Å²) in [6.07, 6.45) is 5.93. The maximum atomic E-state index is 14.1. The van der Waals surface area contributed by atoms with Gasteiger partial charge in [0.05, 0.1) is 4.47 Å². The van der Waals surface area contributed by atoms with Crippen LogP contribution in [0.4, 0.5) is 4.39 Å². The van der Waals surface area contributed by atoms with Crippen molar-refractivity contribution in [1.82, 2.24) is 5.32 Å². The standard InChI is InChI=1S/C16H20BrFN2O/c17-15-12(7-9-2-1-3-10(19)6-9)11-4-5-20-16(21)13(11)8-14(15)18/h8-10H,1-7,19H2,(H,20,21)/t9-,10-/m0/s1. The first-order valence-electron chi connectivity index (χ1n) is 7.59. The van der Waals surface area contributed by atoms with Crippen LogP contribution in [0.15, 0.2) is 10.5 Å². The summed E-state index contributed by atoms with van der Waals surface area (Å²) in [6.45, 7) is 0.626. The minimum absolute atomic E-state index is 0.163. The van der Waals surface area contributed by atoms with Gasteiger partial charge in [0.15, 0.2) is 0 Å². The van der Waals surface area contributed by atoms with E-state index in [1.165, 1.54) is 6.07 Å². The van der Waals surface area contributed by atoms with Gasteiger partial charge in [-0.2, -0.15) is 0 Å². The van der Waals surface area contributed by atoms with Crippen molar-refractivity contribution in [3.63, 3.8) is 0 Å². The molecule has 0 bridgehead atoms. The van der Waals surface area contributed by atoms with E-state index in [4.69, 9.17) is 5.73 Å². The molecule has 0 spiro atoms. The molecule has 1 heterocycles. The van der Waals surface area contributed by atoms with Crippen molar-refractivity contribution in [1.29, 1.82) is 0 Å². The molecule has 0 unspecified atom stereocenters. The highest BCUT2D eigenvalue weighted by Crippen LogP contribution is 2.34. The molecule has 0 saturated heterocycles. The Kier molecular flexibility index (Phi) is 4.31. The monoisotopic (exact) mass is 354 g/mol. The Morgan fingerprint density at radius 2 is 2.24 bits per heavy atom. The van der Waals surface area contributed by atoms with E-state index in [2.05, 4.69) is 21.2 Å². The molecule has 3 N–H and O–H groups in total. The van der Waals surface area contributed by atoms with Crippen LogP contribution in [0, 0.1) is 11.7 Å². The van der Waals surface area contributed by atoms with E-state index in [9.17, 15) is 9.18 Å². The number of hydrogen-bond donors (Lipinski definition) is 2. The fourth-order valence-electron chi connectivity index (χ4n) is 3.62. The molecule has 5 heteroatoms. The lowest BCUT2D eigenvalue weighted by atomic mass is 9.80. The number of halogens is 2. The van der Waals surface area contributed by atoms with Crippen LogP contribution in [0.1, 0.15) is 47.2 Å². The van der Waals surface area contributed by atoms with Gasteiger partial charge < -0.3 is 11.1 Å². The third kappa shape index (κ3) is 2.99. The van der Waals surface area contributed by atoms with Crippen molar-refractivity contribution >= 4 is 21.8 Å². The molecule has 1 fully saturated rings. The topological polar surface area (TPSA) is 55.1 Å². The van der Waals surface area contributed by atoms with Gasteiger partial charge in [0.2, 0.25) is 0 Å². The Bertz CT molecular complexity index is 576. The molecular weight excluding hydrogens is 335 g/mol. The molecule has 0 radical (unpaired) electrons. The molecule has 3 rings (SSSR count). The van der Waals surface area contributed by atoms with Crippen LogP contribution < -0.4 is 11.1 Å². The Morgan fingerprint density at radius 1 is 1.43 bits per heavy atom. The van der Waals surface area contributed by atoms with Gasteiger partial charge in [-0.1, -0.05) is 12.8 Å². The lowest BCUT2D eigenvalue weighted by Gasteiger charge is -2.29. The lowest BCUT2D eigenvalue weighted by molar-refractivity contribution is 0.0945. The van der Waals surface area contributed by atoms with E-state index in [1.807, 2.05) is 0 Å². The van der Waals surface area contributed by atoms with E-state index >= 15 is 0 Å². The van der Waals surface area contributed by atoms with Crippen molar-refractivity contribution in [2.75, 3.05) is 6.54 Å². The van der Waals surface area contributed by atoms with E-state index in [0.29, 0.717) is 22.5 Å². The average molecular weight is 355 g/mol. The Morgan fingerprint density at radius 3 is 3.00 bits per heavy atom. The van der Waals surface area contributed by atoms with Crippen LogP contribution in [0.2, 0.25) is 0 Å². The lowest BCUT2D eigenvalue weighted by Crippen LogP contribution is -2.33. The normalized spacial score (nSPS) is 25.4. The number of amides is 1. The second-order valence-electron chi connectivity index (χ2n) is 6.18. The number of benzene rings is 1. The molecular formula is C16H20BrFN2O. The van der Waals surface area contributed by atoms with Crippen molar-refractivity contribution in [3.8, 4) is 0 Å². The van der Waals surface area contributed by atoms with Crippen molar-refractivity contribution in [2.45, 2.75) is 44.6 Å². The highest BCUT2D eigenvalue weighted by molar-refractivity contribution is 9.10. The number of hydrogen-bond acceptors (Lipinski definition) is 2. The summed E-state index contributed by atoms with van der Waals surface area (Å²) in [5, 5.41) is 2.78. The van der Waals surface area contributed by atoms with E-state index in [1.54, 1.807) is 0 Å². The maximum Gasteiger partial charge on any atom is 0.251 e. The Labute approximate surface area is 132 Å². The molecule has 114 valence electrons. The Hall–Kier alpha value is -0.940. The van der Waals surface area contributed by atoms with Crippen molar-refractivity contribution in [2.24, 2.45) is 11.7 Å². The largest absolute Gasteiger partial charge is 0.352 e. The summed E-state index contributed by atoms with van der Waals surface area (Å²) in [5.41, 5.74) is 8.53. The predicted octanol–water partition coefficient (Wildman–Crippen LogP) is 2.93. The van der Waals surface area contributed by atoms with Gasteiger partial charge in [-0.05, 0) is 64.7 Å². The first kappa shape index (κ1) is 15.0. The fraction of sp³-hybridized carbons (Fsp3) is 0.562. The summed E-state index contributed by atoms with van der Waals surface area (Å²) in [7, 11) is 0. The van der Waals surface area contributed by atoms with Crippen LogP contribution in [0.5, 0.6) is 0 Å². The van der Waals surface area contributed by atoms with Gasteiger partial charge >= 0.3 is 0 Å². The molecule has 1 aromatic carbocycles. The third-order valence-corrected chi connectivity index (χ3v) is 5.51. The molecule has 3 nitrogen and oxygen atoms in total. The smallest absolute Gasteiger partial charge is 0.251 e. The number of fused-ring (bicyclic) bond motifs is 1. The van der Waals surface area contributed by atoms with Gasteiger partial charge in [0.25, 0.3) is 5.91 Å². The summed E-state index contributed by atoms with van der Waals surface area (Å²) >= 11 is 3.38. The number of rotatable bonds is 2. The van der Waals surface area contributed by atoms with Crippen LogP contribution in [-0.4, -0.2) is 18.5 Å². The minimum Gasteiger partial charge on any atom is -0.352 e. The molecule has 21 heavy (non-hydrogen) atoms. The minimum atomic E-state index is -0.346. The van der Waals surface area contributed by atoms with E-state index in [0.717, 1.165) is 49.7 Å². The molecule has 1 aromatic rings. The number of carbonyl (C=O) groups excluding carboxylic acids is 1. The molecule has 2 atom stereocenters. The van der Waals surface area contributed by atoms with Crippen LogP contribution in [0.25, 0.3) is 0 Å². The number of carbonyl (C=O) groups is 1. The molecule has 1 aliphatic carbocycles. The predicted molar refractivity (Wildman–Crippen MR) is 83.8 cm³/mol. The molecule has 1 amide bonds. The highest BCUT2D eigenvalue weighted by atomic mass is 79.9. The zero-order chi connectivity index (χ0) is 15.0.